The van der Waals surface area contributed by atoms with Gasteiger partial charge in [0.1, 0.15) is 0 Å². The molecule has 0 atom stereocenters. The fraction of sp³-hybridized carbons (Fsp3) is 0.0909. The number of esters is 2. The normalized spacial score (nSPS) is 10.5. The summed E-state index contributed by atoms with van der Waals surface area (Å²) in [6, 6.07) is 15.2. The molecule has 0 unspecified atom stereocenters. The highest BCUT2D eigenvalue weighted by Crippen LogP contribution is 2.38. The van der Waals surface area contributed by atoms with E-state index in [-0.39, 0.29) is 22.6 Å². The molecular weight excluding hydrogens is 328 g/mol. The summed E-state index contributed by atoms with van der Waals surface area (Å²) in [4.78, 5) is 24.1. The third-order valence-electron chi connectivity index (χ3n) is 3.89. The van der Waals surface area contributed by atoms with Gasteiger partial charge in [-0.25, -0.2) is 9.59 Å². The first kappa shape index (κ1) is 17.4. The lowest BCUT2D eigenvalue weighted by atomic mass is 10.0. The SMILES string of the molecule is C=C(C)C(=O)Oc1ccc2cc3ccccc3cc2c1OC(=O)C(=C)C. The van der Waals surface area contributed by atoms with Gasteiger partial charge >= 0.3 is 11.9 Å². The first-order valence-corrected chi connectivity index (χ1v) is 8.07. The van der Waals surface area contributed by atoms with Crippen LogP contribution in [-0.2, 0) is 9.59 Å². The number of hydrogen-bond donors (Lipinski definition) is 0. The molecular formula is C22H18O4. The summed E-state index contributed by atoms with van der Waals surface area (Å²) in [5.41, 5.74) is 0.501. The largest absolute Gasteiger partial charge is 0.419 e. The van der Waals surface area contributed by atoms with Crippen LogP contribution in [0.4, 0.5) is 0 Å². The van der Waals surface area contributed by atoms with Crippen molar-refractivity contribution < 1.29 is 19.1 Å². The average Bonchev–Trinajstić information content (AvgIpc) is 2.61. The number of carbonyl (C=O) groups is 2. The molecule has 0 aliphatic carbocycles. The van der Waals surface area contributed by atoms with Crippen LogP contribution in [0.1, 0.15) is 13.8 Å². The summed E-state index contributed by atoms with van der Waals surface area (Å²) in [7, 11) is 0. The number of fused-ring (bicyclic) bond motifs is 2. The standard InChI is InChI=1S/C22H18O4/c1-13(2)21(23)25-19-10-9-17-11-15-7-5-6-8-16(15)12-18(17)20(19)26-22(24)14(3)4/h5-12H,1,3H2,2,4H3. The van der Waals surface area contributed by atoms with Gasteiger partial charge in [-0.1, -0.05) is 43.5 Å². The molecule has 0 aliphatic heterocycles. The summed E-state index contributed by atoms with van der Waals surface area (Å²) in [5, 5.41) is 3.58. The van der Waals surface area contributed by atoms with E-state index in [0.29, 0.717) is 5.39 Å². The molecule has 26 heavy (non-hydrogen) atoms. The Hall–Kier alpha value is -3.40. The third kappa shape index (κ3) is 3.35. The molecule has 4 heteroatoms. The maximum Gasteiger partial charge on any atom is 0.338 e. The van der Waals surface area contributed by atoms with E-state index in [0.717, 1.165) is 16.2 Å². The van der Waals surface area contributed by atoms with E-state index in [1.54, 1.807) is 19.9 Å². The van der Waals surface area contributed by atoms with Crippen LogP contribution in [0, 0.1) is 0 Å². The summed E-state index contributed by atoms with van der Waals surface area (Å²) in [6.45, 7) is 10.3. The molecule has 0 amide bonds. The molecule has 0 aromatic heterocycles. The average molecular weight is 346 g/mol. The molecule has 3 aromatic rings. The van der Waals surface area contributed by atoms with E-state index in [4.69, 9.17) is 9.47 Å². The maximum absolute atomic E-state index is 12.1. The molecule has 0 saturated carbocycles. The first-order valence-electron chi connectivity index (χ1n) is 8.07. The van der Waals surface area contributed by atoms with Crippen LogP contribution >= 0.6 is 0 Å². The molecule has 3 rings (SSSR count). The predicted molar refractivity (Wildman–Crippen MR) is 102 cm³/mol. The highest BCUT2D eigenvalue weighted by molar-refractivity contribution is 6.04. The Morgan fingerprint density at radius 3 is 1.96 bits per heavy atom. The van der Waals surface area contributed by atoms with Gasteiger partial charge in [0.15, 0.2) is 11.5 Å². The van der Waals surface area contributed by atoms with E-state index >= 15 is 0 Å². The first-order chi connectivity index (χ1) is 12.4. The lowest BCUT2D eigenvalue weighted by molar-refractivity contribution is -0.132. The second kappa shape index (κ2) is 6.84. The van der Waals surface area contributed by atoms with E-state index in [1.165, 1.54) is 0 Å². The highest BCUT2D eigenvalue weighted by Gasteiger charge is 2.18. The van der Waals surface area contributed by atoms with Crippen molar-refractivity contribution in [2.45, 2.75) is 13.8 Å². The Bertz CT molecular complexity index is 1080. The van der Waals surface area contributed by atoms with Crippen molar-refractivity contribution in [3.63, 3.8) is 0 Å². The summed E-state index contributed by atoms with van der Waals surface area (Å²) >= 11 is 0. The topological polar surface area (TPSA) is 52.6 Å². The van der Waals surface area contributed by atoms with Gasteiger partial charge in [-0.3, -0.25) is 0 Å². The number of benzene rings is 3. The Morgan fingerprint density at radius 2 is 1.35 bits per heavy atom. The molecule has 0 saturated heterocycles. The summed E-state index contributed by atoms with van der Waals surface area (Å²) in [5.74, 6) is -0.817. The molecule has 0 radical (unpaired) electrons. The lowest BCUT2D eigenvalue weighted by Gasteiger charge is -2.14. The Balaban J connectivity index is 2.23. The lowest BCUT2D eigenvalue weighted by Crippen LogP contribution is -2.13. The van der Waals surface area contributed by atoms with Crippen molar-refractivity contribution in [1.29, 1.82) is 0 Å². The van der Waals surface area contributed by atoms with Crippen LogP contribution in [0.15, 0.2) is 72.8 Å². The van der Waals surface area contributed by atoms with Gasteiger partial charge < -0.3 is 9.47 Å². The molecule has 0 N–H and O–H groups in total. The van der Waals surface area contributed by atoms with Gasteiger partial charge in [-0.2, -0.15) is 0 Å². The van der Waals surface area contributed by atoms with Gasteiger partial charge in [0.05, 0.1) is 0 Å². The maximum atomic E-state index is 12.1. The molecule has 0 heterocycles. The second-order valence-corrected chi connectivity index (χ2v) is 6.15. The van der Waals surface area contributed by atoms with Crippen molar-refractivity contribution in [3.05, 3.63) is 72.8 Å². The van der Waals surface area contributed by atoms with Crippen LogP contribution in [0.5, 0.6) is 11.5 Å². The second-order valence-electron chi connectivity index (χ2n) is 6.15. The van der Waals surface area contributed by atoms with Crippen molar-refractivity contribution >= 4 is 33.5 Å². The van der Waals surface area contributed by atoms with E-state index in [1.807, 2.05) is 42.5 Å². The Kier molecular flexibility index (Phi) is 4.59. The minimum atomic E-state index is -0.585. The van der Waals surface area contributed by atoms with E-state index < -0.39 is 11.9 Å². The quantitative estimate of drug-likeness (QED) is 0.290. The number of carbonyl (C=O) groups excluding carboxylic acids is 2. The van der Waals surface area contributed by atoms with Crippen LogP contribution in [0.2, 0.25) is 0 Å². The van der Waals surface area contributed by atoms with Gasteiger partial charge in [-0.15, -0.1) is 0 Å². The third-order valence-corrected chi connectivity index (χ3v) is 3.89. The van der Waals surface area contributed by atoms with Crippen LogP contribution in [0.25, 0.3) is 21.5 Å². The van der Waals surface area contributed by atoms with Gasteiger partial charge in [0.25, 0.3) is 0 Å². The Morgan fingerprint density at radius 1 is 0.769 bits per heavy atom. The van der Waals surface area contributed by atoms with Crippen molar-refractivity contribution in [3.8, 4) is 11.5 Å². The molecule has 0 aliphatic rings. The van der Waals surface area contributed by atoms with Gasteiger partial charge in [0.2, 0.25) is 0 Å². The van der Waals surface area contributed by atoms with E-state index in [9.17, 15) is 9.59 Å². The van der Waals surface area contributed by atoms with Crippen molar-refractivity contribution in [1.82, 2.24) is 0 Å². The zero-order chi connectivity index (χ0) is 18.8. The van der Waals surface area contributed by atoms with Crippen molar-refractivity contribution in [2.24, 2.45) is 0 Å². The van der Waals surface area contributed by atoms with Gasteiger partial charge in [0, 0.05) is 16.5 Å². The van der Waals surface area contributed by atoms with Gasteiger partial charge in [-0.05, 0) is 48.2 Å². The highest BCUT2D eigenvalue weighted by atomic mass is 16.6. The van der Waals surface area contributed by atoms with Crippen molar-refractivity contribution in [2.75, 3.05) is 0 Å². The monoisotopic (exact) mass is 346 g/mol. The minimum Gasteiger partial charge on any atom is -0.419 e. The predicted octanol–water partition coefficient (Wildman–Crippen LogP) is 4.96. The zero-order valence-electron chi connectivity index (χ0n) is 14.7. The fourth-order valence-electron chi connectivity index (χ4n) is 2.52. The summed E-state index contributed by atoms with van der Waals surface area (Å²) < 4.78 is 10.9. The molecule has 4 nitrogen and oxygen atoms in total. The number of hydrogen-bond acceptors (Lipinski definition) is 4. The molecule has 130 valence electrons. The number of ether oxygens (including phenoxy) is 2. The molecule has 3 aromatic carbocycles. The smallest absolute Gasteiger partial charge is 0.338 e. The summed E-state index contributed by atoms with van der Waals surface area (Å²) in [6.07, 6.45) is 0. The zero-order valence-corrected chi connectivity index (χ0v) is 14.7. The van der Waals surface area contributed by atoms with E-state index in [2.05, 4.69) is 13.2 Å². The minimum absolute atomic E-state index is 0.162. The fourth-order valence-corrected chi connectivity index (χ4v) is 2.52. The molecule has 0 bridgehead atoms. The molecule has 0 fully saturated rings. The number of rotatable bonds is 4. The van der Waals surface area contributed by atoms with Crippen LogP contribution in [0.3, 0.4) is 0 Å². The Labute approximate surface area is 151 Å². The van der Waals surface area contributed by atoms with Crippen LogP contribution in [-0.4, -0.2) is 11.9 Å². The molecule has 0 spiro atoms. The van der Waals surface area contributed by atoms with Crippen LogP contribution < -0.4 is 9.47 Å².